The van der Waals surface area contributed by atoms with E-state index in [0.717, 1.165) is 5.56 Å². The first kappa shape index (κ1) is 19.5. The quantitative estimate of drug-likeness (QED) is 0.442. The second kappa shape index (κ2) is 8.26. The zero-order valence-corrected chi connectivity index (χ0v) is 17.3. The number of benzene rings is 2. The second-order valence-electron chi connectivity index (χ2n) is 6.49. The maximum atomic E-state index is 12.3. The number of thioether (sulfide) groups is 1. The van der Waals surface area contributed by atoms with Crippen molar-refractivity contribution in [3.05, 3.63) is 75.1 Å². The summed E-state index contributed by atoms with van der Waals surface area (Å²) in [5.41, 5.74) is 1.46. The third-order valence-electron chi connectivity index (χ3n) is 4.31. The molecular weight excluding hydrogens is 410 g/mol. The zero-order valence-electron chi connectivity index (χ0n) is 15.8. The first-order valence-corrected chi connectivity index (χ1v) is 10.2. The van der Waals surface area contributed by atoms with E-state index in [1.54, 1.807) is 12.1 Å². The fraction of sp³-hybridized carbons (Fsp3) is 0.200. The lowest BCUT2D eigenvalue weighted by molar-refractivity contribution is 0.296. The lowest BCUT2D eigenvalue weighted by Crippen LogP contribution is -2.12. The molecular formula is C20H18ClN5O2S. The molecule has 0 saturated heterocycles. The molecule has 0 aliphatic heterocycles. The molecule has 2 N–H and O–H groups in total. The van der Waals surface area contributed by atoms with E-state index in [1.807, 2.05) is 44.2 Å². The molecule has 0 aliphatic rings. The summed E-state index contributed by atoms with van der Waals surface area (Å²) >= 11 is 7.43. The molecule has 0 saturated carbocycles. The number of halogens is 1. The van der Waals surface area contributed by atoms with E-state index in [1.165, 1.54) is 11.8 Å². The minimum absolute atomic E-state index is 0.129. The van der Waals surface area contributed by atoms with Gasteiger partial charge in [-0.3, -0.25) is 9.89 Å². The molecule has 0 spiro atoms. The maximum absolute atomic E-state index is 12.3. The van der Waals surface area contributed by atoms with Crippen LogP contribution in [0.4, 0.5) is 0 Å². The fourth-order valence-corrected chi connectivity index (χ4v) is 3.68. The summed E-state index contributed by atoms with van der Waals surface area (Å²) < 4.78 is 5.73. The van der Waals surface area contributed by atoms with E-state index in [0.29, 0.717) is 38.5 Å². The van der Waals surface area contributed by atoms with Crippen molar-refractivity contribution in [3.8, 4) is 5.75 Å². The van der Waals surface area contributed by atoms with Crippen LogP contribution in [0.3, 0.4) is 0 Å². The van der Waals surface area contributed by atoms with Gasteiger partial charge in [0.15, 0.2) is 5.82 Å². The smallest absolute Gasteiger partial charge is 0.258 e. The molecule has 2 aromatic heterocycles. The number of hydrogen-bond donors (Lipinski definition) is 2. The Bertz CT molecular complexity index is 1220. The number of fused-ring (bicyclic) bond motifs is 1. The molecule has 29 heavy (non-hydrogen) atoms. The van der Waals surface area contributed by atoms with Crippen molar-refractivity contribution in [2.75, 3.05) is 0 Å². The van der Waals surface area contributed by atoms with Gasteiger partial charge >= 0.3 is 0 Å². The van der Waals surface area contributed by atoms with Gasteiger partial charge in [-0.2, -0.15) is 0 Å². The van der Waals surface area contributed by atoms with Gasteiger partial charge in [-0.05, 0) is 49.7 Å². The number of aromatic nitrogens is 5. The minimum atomic E-state index is -0.152. The molecule has 7 nitrogen and oxygen atoms in total. The number of ether oxygens (including phenoxy) is 1. The highest BCUT2D eigenvalue weighted by molar-refractivity contribution is 7.99. The number of aromatic amines is 2. The van der Waals surface area contributed by atoms with Crippen LogP contribution >= 0.6 is 23.4 Å². The Hall–Kier alpha value is -2.84. The van der Waals surface area contributed by atoms with Crippen LogP contribution in [0.2, 0.25) is 5.02 Å². The molecule has 2 heterocycles. The monoisotopic (exact) mass is 427 g/mol. The van der Waals surface area contributed by atoms with Crippen LogP contribution in [0.1, 0.15) is 29.4 Å². The van der Waals surface area contributed by atoms with Crippen LogP contribution < -0.4 is 10.3 Å². The predicted molar refractivity (Wildman–Crippen MR) is 114 cm³/mol. The van der Waals surface area contributed by atoms with Crippen LogP contribution in [-0.4, -0.2) is 25.1 Å². The lowest BCUT2D eigenvalue weighted by Gasteiger charge is -2.08. The van der Waals surface area contributed by atoms with Crippen LogP contribution in [0.15, 0.2) is 52.4 Å². The van der Waals surface area contributed by atoms with E-state index < -0.39 is 0 Å². The Balaban J connectivity index is 1.43. The Morgan fingerprint density at radius 1 is 1.21 bits per heavy atom. The predicted octanol–water partition coefficient (Wildman–Crippen LogP) is 4.44. The number of hydrogen-bond acceptors (Lipinski definition) is 6. The molecule has 1 unspecified atom stereocenters. The third kappa shape index (κ3) is 4.44. The summed E-state index contributed by atoms with van der Waals surface area (Å²) in [6.07, 6.45) is 0. The van der Waals surface area contributed by atoms with Crippen LogP contribution in [0.5, 0.6) is 5.75 Å². The van der Waals surface area contributed by atoms with E-state index >= 15 is 0 Å². The summed E-state index contributed by atoms with van der Waals surface area (Å²) in [7, 11) is 0. The number of aryl methyl sites for hydroxylation is 1. The Morgan fingerprint density at radius 3 is 2.86 bits per heavy atom. The molecule has 1 atom stereocenters. The SMILES string of the molecule is Cc1cc(OCc2nc(SC(C)c3nc4ccccc4c(=O)[nH]3)n[nH]2)ccc1Cl. The van der Waals surface area contributed by atoms with E-state index in [9.17, 15) is 4.79 Å². The number of para-hydroxylation sites is 1. The molecule has 4 aromatic rings. The lowest BCUT2D eigenvalue weighted by atomic mass is 10.2. The topological polar surface area (TPSA) is 96.6 Å². The zero-order chi connectivity index (χ0) is 20.4. The highest BCUT2D eigenvalue weighted by Crippen LogP contribution is 2.30. The van der Waals surface area contributed by atoms with Gasteiger partial charge in [-0.25, -0.2) is 9.97 Å². The molecule has 9 heteroatoms. The Labute approximate surface area is 175 Å². The number of nitrogens with zero attached hydrogens (tertiary/aromatic N) is 3. The average molecular weight is 428 g/mol. The Morgan fingerprint density at radius 2 is 2.03 bits per heavy atom. The molecule has 0 aliphatic carbocycles. The standard InChI is InChI=1S/C20H18ClN5O2S/c1-11-9-13(7-8-15(11)21)28-10-17-23-20(26-25-17)29-12(2)18-22-16-6-4-3-5-14(16)19(27)24-18/h3-9,12H,10H2,1-2H3,(H,22,24,27)(H,23,25,26). The van der Waals surface area contributed by atoms with Crippen LogP contribution in [0.25, 0.3) is 10.9 Å². The van der Waals surface area contributed by atoms with Gasteiger partial charge < -0.3 is 9.72 Å². The van der Waals surface area contributed by atoms with Crippen molar-refractivity contribution in [1.82, 2.24) is 25.1 Å². The van der Waals surface area contributed by atoms with Crippen molar-refractivity contribution < 1.29 is 4.74 Å². The molecule has 2 aromatic carbocycles. The van der Waals surface area contributed by atoms with Gasteiger partial charge in [0.25, 0.3) is 5.56 Å². The number of nitrogens with one attached hydrogen (secondary N) is 2. The molecule has 0 radical (unpaired) electrons. The van der Waals surface area contributed by atoms with Crippen molar-refractivity contribution in [1.29, 1.82) is 0 Å². The third-order valence-corrected chi connectivity index (χ3v) is 5.71. The molecule has 0 fully saturated rings. The van der Waals surface area contributed by atoms with Crippen LogP contribution in [-0.2, 0) is 6.61 Å². The van der Waals surface area contributed by atoms with Crippen LogP contribution in [0, 0.1) is 6.92 Å². The second-order valence-corrected chi connectivity index (χ2v) is 8.21. The highest BCUT2D eigenvalue weighted by Gasteiger charge is 2.15. The number of rotatable bonds is 6. The normalized spacial score (nSPS) is 12.2. The largest absolute Gasteiger partial charge is 0.486 e. The molecule has 148 valence electrons. The molecule has 0 amide bonds. The molecule has 4 rings (SSSR count). The minimum Gasteiger partial charge on any atom is -0.486 e. The number of H-pyrrole nitrogens is 2. The first-order chi connectivity index (χ1) is 14.0. The van der Waals surface area contributed by atoms with Crippen molar-refractivity contribution in [2.45, 2.75) is 30.9 Å². The molecule has 0 bridgehead atoms. The highest BCUT2D eigenvalue weighted by atomic mass is 35.5. The van der Waals surface area contributed by atoms with Gasteiger partial charge in [-0.15, -0.1) is 5.10 Å². The van der Waals surface area contributed by atoms with Crippen molar-refractivity contribution >= 4 is 34.3 Å². The summed E-state index contributed by atoms with van der Waals surface area (Å²) in [6, 6.07) is 12.7. The van der Waals surface area contributed by atoms with Crippen molar-refractivity contribution in [3.63, 3.8) is 0 Å². The van der Waals surface area contributed by atoms with E-state index in [2.05, 4.69) is 25.1 Å². The maximum Gasteiger partial charge on any atom is 0.258 e. The Kier molecular flexibility index (Phi) is 5.55. The van der Waals surface area contributed by atoms with Gasteiger partial charge in [0.05, 0.1) is 16.2 Å². The summed E-state index contributed by atoms with van der Waals surface area (Å²) in [4.78, 5) is 24.1. The summed E-state index contributed by atoms with van der Waals surface area (Å²) in [6.45, 7) is 4.12. The first-order valence-electron chi connectivity index (χ1n) is 8.95. The summed E-state index contributed by atoms with van der Waals surface area (Å²) in [5, 5.41) is 8.79. The van der Waals surface area contributed by atoms with Gasteiger partial charge in [0.2, 0.25) is 5.16 Å². The van der Waals surface area contributed by atoms with Gasteiger partial charge in [-0.1, -0.05) is 35.5 Å². The fourth-order valence-electron chi connectivity index (χ4n) is 2.76. The van der Waals surface area contributed by atoms with E-state index in [-0.39, 0.29) is 17.4 Å². The summed E-state index contributed by atoms with van der Waals surface area (Å²) in [5.74, 6) is 1.90. The van der Waals surface area contributed by atoms with Crippen molar-refractivity contribution in [2.24, 2.45) is 0 Å². The van der Waals surface area contributed by atoms with E-state index in [4.69, 9.17) is 16.3 Å². The van der Waals surface area contributed by atoms with Gasteiger partial charge in [0, 0.05) is 5.02 Å². The van der Waals surface area contributed by atoms with Gasteiger partial charge in [0.1, 0.15) is 18.2 Å². The average Bonchev–Trinajstić information content (AvgIpc) is 3.16.